The summed E-state index contributed by atoms with van der Waals surface area (Å²) in [6.07, 6.45) is 1.73. The molecule has 0 aliphatic heterocycles. The molecule has 3 nitrogen and oxygen atoms in total. The van der Waals surface area contributed by atoms with Crippen LogP contribution in [-0.2, 0) is 0 Å². The molecule has 2 rings (SSSR count). The molecule has 0 saturated heterocycles. The standard InChI is InChI=1S/C13H9Br2NO2S/c1-7-4-8(14)6-16-12(7)19-9-2-3-11(15)10(5-9)13(17)18/h2-6H,1H3,(H,17,18). The topological polar surface area (TPSA) is 50.2 Å². The zero-order valence-electron chi connectivity index (χ0n) is 9.85. The second-order valence-corrected chi connectivity index (χ2v) is 6.66. The summed E-state index contributed by atoms with van der Waals surface area (Å²) in [5, 5.41) is 9.95. The van der Waals surface area contributed by atoms with Crippen molar-refractivity contribution in [3.8, 4) is 0 Å². The van der Waals surface area contributed by atoms with Crippen molar-refractivity contribution in [1.82, 2.24) is 4.98 Å². The number of halogens is 2. The smallest absolute Gasteiger partial charge is 0.336 e. The lowest BCUT2D eigenvalue weighted by Gasteiger charge is -2.06. The molecular weight excluding hydrogens is 394 g/mol. The fraction of sp³-hybridized carbons (Fsp3) is 0.0769. The number of aromatic nitrogens is 1. The summed E-state index contributed by atoms with van der Waals surface area (Å²) in [5.74, 6) is -0.949. The van der Waals surface area contributed by atoms with Crippen LogP contribution in [0.4, 0.5) is 0 Å². The van der Waals surface area contributed by atoms with Gasteiger partial charge in [0.25, 0.3) is 0 Å². The zero-order valence-corrected chi connectivity index (χ0v) is 13.8. The fourth-order valence-corrected chi connectivity index (χ4v) is 3.20. The molecule has 0 radical (unpaired) electrons. The molecule has 1 aromatic heterocycles. The van der Waals surface area contributed by atoms with Crippen molar-refractivity contribution in [2.45, 2.75) is 16.8 Å². The molecule has 6 heteroatoms. The maximum Gasteiger partial charge on any atom is 0.336 e. The highest BCUT2D eigenvalue weighted by Crippen LogP contribution is 2.32. The lowest BCUT2D eigenvalue weighted by atomic mass is 10.2. The molecule has 98 valence electrons. The Morgan fingerprint density at radius 3 is 2.68 bits per heavy atom. The van der Waals surface area contributed by atoms with E-state index in [-0.39, 0.29) is 5.56 Å². The minimum atomic E-state index is -0.949. The Morgan fingerprint density at radius 1 is 1.32 bits per heavy atom. The van der Waals surface area contributed by atoms with E-state index in [2.05, 4.69) is 36.8 Å². The molecule has 0 unspecified atom stereocenters. The largest absolute Gasteiger partial charge is 0.478 e. The SMILES string of the molecule is Cc1cc(Br)cnc1Sc1ccc(Br)c(C(=O)O)c1. The van der Waals surface area contributed by atoms with Crippen LogP contribution in [0.25, 0.3) is 0 Å². The number of hydrogen-bond donors (Lipinski definition) is 1. The van der Waals surface area contributed by atoms with E-state index in [0.29, 0.717) is 4.47 Å². The summed E-state index contributed by atoms with van der Waals surface area (Å²) in [4.78, 5) is 16.2. The average molecular weight is 403 g/mol. The number of nitrogens with zero attached hydrogens (tertiary/aromatic N) is 1. The summed E-state index contributed by atoms with van der Waals surface area (Å²) in [7, 11) is 0. The first kappa shape index (κ1) is 14.6. The molecule has 1 aromatic carbocycles. The maximum absolute atomic E-state index is 11.1. The molecule has 1 N–H and O–H groups in total. The summed E-state index contributed by atoms with van der Waals surface area (Å²) in [6.45, 7) is 1.97. The summed E-state index contributed by atoms with van der Waals surface area (Å²) >= 11 is 8.04. The number of carbonyl (C=O) groups is 1. The summed E-state index contributed by atoms with van der Waals surface area (Å²) in [5.41, 5.74) is 1.29. The van der Waals surface area contributed by atoms with Crippen molar-refractivity contribution in [3.63, 3.8) is 0 Å². The molecule has 0 bridgehead atoms. The van der Waals surface area contributed by atoms with Crippen molar-refractivity contribution >= 4 is 49.6 Å². The van der Waals surface area contributed by atoms with Crippen LogP contribution in [0.2, 0.25) is 0 Å². The molecule has 0 spiro atoms. The van der Waals surface area contributed by atoms with Crippen LogP contribution >= 0.6 is 43.6 Å². The van der Waals surface area contributed by atoms with Crippen LogP contribution in [0.15, 0.2) is 49.3 Å². The van der Waals surface area contributed by atoms with Crippen molar-refractivity contribution in [2.24, 2.45) is 0 Å². The van der Waals surface area contributed by atoms with Gasteiger partial charge < -0.3 is 5.11 Å². The highest BCUT2D eigenvalue weighted by molar-refractivity contribution is 9.10. The zero-order chi connectivity index (χ0) is 14.0. The first-order valence-corrected chi connectivity index (χ1v) is 7.70. The van der Waals surface area contributed by atoms with Crippen molar-refractivity contribution < 1.29 is 9.90 Å². The number of carboxylic acids is 1. The maximum atomic E-state index is 11.1. The number of benzene rings is 1. The first-order chi connectivity index (χ1) is 8.97. The van der Waals surface area contributed by atoms with Gasteiger partial charge in [-0.1, -0.05) is 11.8 Å². The second kappa shape index (κ2) is 6.07. The first-order valence-electron chi connectivity index (χ1n) is 5.30. The van der Waals surface area contributed by atoms with Crippen LogP contribution in [0, 0.1) is 6.92 Å². The molecule has 1 heterocycles. The van der Waals surface area contributed by atoms with Crippen LogP contribution in [0.5, 0.6) is 0 Å². The quantitative estimate of drug-likeness (QED) is 0.803. The highest BCUT2D eigenvalue weighted by atomic mass is 79.9. The Balaban J connectivity index is 2.33. The monoisotopic (exact) mass is 401 g/mol. The summed E-state index contributed by atoms with van der Waals surface area (Å²) < 4.78 is 1.50. The van der Waals surface area contributed by atoms with Gasteiger partial charge in [0, 0.05) is 20.0 Å². The van der Waals surface area contributed by atoms with E-state index in [1.54, 1.807) is 18.3 Å². The Labute approximate surface area is 131 Å². The summed E-state index contributed by atoms with van der Waals surface area (Å²) in [6, 6.07) is 7.22. The normalized spacial score (nSPS) is 10.5. The third-order valence-corrected chi connectivity index (χ3v) is 4.62. The number of carboxylic acid groups (broad SMARTS) is 1. The van der Waals surface area contributed by atoms with Gasteiger partial charge in [-0.05, 0) is 68.6 Å². The second-order valence-electron chi connectivity index (χ2n) is 3.82. The third-order valence-electron chi connectivity index (χ3n) is 2.38. The predicted octanol–water partition coefficient (Wildman–Crippen LogP) is 4.76. The Kier molecular flexibility index (Phi) is 4.65. The lowest BCUT2D eigenvalue weighted by molar-refractivity contribution is 0.0695. The highest BCUT2D eigenvalue weighted by Gasteiger charge is 2.11. The van der Waals surface area contributed by atoms with E-state index in [1.807, 2.05) is 19.1 Å². The van der Waals surface area contributed by atoms with Crippen molar-refractivity contribution in [2.75, 3.05) is 0 Å². The third kappa shape index (κ3) is 3.58. The van der Waals surface area contributed by atoms with E-state index >= 15 is 0 Å². The van der Waals surface area contributed by atoms with Gasteiger partial charge in [0.05, 0.1) is 5.56 Å². The Bertz CT molecular complexity index is 647. The molecule has 0 fully saturated rings. The number of aromatic carboxylic acids is 1. The predicted molar refractivity (Wildman–Crippen MR) is 81.9 cm³/mol. The molecule has 0 aliphatic rings. The molecular formula is C13H9Br2NO2S. The van der Waals surface area contributed by atoms with Gasteiger partial charge in [0.15, 0.2) is 0 Å². The molecule has 0 saturated carbocycles. The van der Waals surface area contributed by atoms with Gasteiger partial charge in [-0.3, -0.25) is 0 Å². The number of pyridine rings is 1. The van der Waals surface area contributed by atoms with Crippen LogP contribution in [0.1, 0.15) is 15.9 Å². The minimum Gasteiger partial charge on any atom is -0.478 e. The van der Waals surface area contributed by atoms with Gasteiger partial charge >= 0.3 is 5.97 Å². The van der Waals surface area contributed by atoms with Gasteiger partial charge in [0.2, 0.25) is 0 Å². The molecule has 0 atom stereocenters. The molecule has 0 amide bonds. The van der Waals surface area contributed by atoms with Gasteiger partial charge in [-0.25, -0.2) is 9.78 Å². The average Bonchev–Trinajstić information content (AvgIpc) is 2.34. The van der Waals surface area contributed by atoms with Crippen LogP contribution < -0.4 is 0 Å². The van der Waals surface area contributed by atoms with E-state index in [0.717, 1.165) is 20.0 Å². The van der Waals surface area contributed by atoms with Gasteiger partial charge in [-0.15, -0.1) is 0 Å². The Hall–Kier alpha value is -0.850. The van der Waals surface area contributed by atoms with Gasteiger partial charge in [0.1, 0.15) is 5.03 Å². The number of hydrogen-bond acceptors (Lipinski definition) is 3. The molecule has 2 aromatic rings. The molecule has 19 heavy (non-hydrogen) atoms. The van der Waals surface area contributed by atoms with E-state index in [9.17, 15) is 4.79 Å². The number of aryl methyl sites for hydroxylation is 1. The number of rotatable bonds is 3. The van der Waals surface area contributed by atoms with Crippen LogP contribution in [-0.4, -0.2) is 16.1 Å². The van der Waals surface area contributed by atoms with E-state index < -0.39 is 5.97 Å². The van der Waals surface area contributed by atoms with Gasteiger partial charge in [-0.2, -0.15) is 0 Å². The van der Waals surface area contributed by atoms with Crippen molar-refractivity contribution in [3.05, 3.63) is 50.5 Å². The Morgan fingerprint density at radius 2 is 2.05 bits per heavy atom. The fourth-order valence-electron chi connectivity index (χ4n) is 1.48. The lowest BCUT2D eigenvalue weighted by Crippen LogP contribution is -1.97. The van der Waals surface area contributed by atoms with E-state index in [4.69, 9.17) is 5.11 Å². The van der Waals surface area contributed by atoms with E-state index in [1.165, 1.54) is 11.8 Å². The molecule has 0 aliphatic carbocycles. The van der Waals surface area contributed by atoms with Crippen molar-refractivity contribution in [1.29, 1.82) is 0 Å². The van der Waals surface area contributed by atoms with Crippen LogP contribution in [0.3, 0.4) is 0 Å². The minimum absolute atomic E-state index is 0.250.